The van der Waals surface area contributed by atoms with Crippen LogP contribution in [0.2, 0.25) is 0 Å². The van der Waals surface area contributed by atoms with Crippen LogP contribution in [0.5, 0.6) is 0 Å². The average Bonchev–Trinajstić information content (AvgIpc) is 2.17. The van der Waals surface area contributed by atoms with Crippen molar-refractivity contribution in [2.75, 3.05) is 0 Å². The summed E-state index contributed by atoms with van der Waals surface area (Å²) in [5.41, 5.74) is -3.92. The first-order chi connectivity index (χ1) is 6.67. The number of hydrogen-bond acceptors (Lipinski definition) is 3. The van der Waals surface area contributed by atoms with Gasteiger partial charge in [0.25, 0.3) is 0 Å². The summed E-state index contributed by atoms with van der Waals surface area (Å²) in [5, 5.41) is 0. The third-order valence-corrected chi connectivity index (χ3v) is 1.62. The zero-order valence-electron chi connectivity index (χ0n) is 8.10. The molecule has 0 atom stereocenters. The number of hydrogen-bond donors (Lipinski definition) is 0. The largest absolute Gasteiger partial charge is 0.392 e. The molecule has 0 fully saturated rings. The normalized spacial score (nSPS) is 12.4. The van der Waals surface area contributed by atoms with Crippen molar-refractivity contribution >= 4 is 11.9 Å². The fraction of sp³-hybridized carbons (Fsp3) is 0.333. The standard InChI is InChI=1S/C12H10O3/c1-7-11(3,4)9(13)15-10(14)12(5,6)8-2/h1-6H,7-8H2. The SMILES string of the molecule is [CH]CC([CH])([CH])C(=O)OC(=O)C([CH])([CH])C[CH]. The van der Waals surface area contributed by atoms with Gasteiger partial charge in [-0.3, -0.25) is 9.59 Å². The minimum absolute atomic E-state index is 0.399. The van der Waals surface area contributed by atoms with Gasteiger partial charge >= 0.3 is 11.9 Å². The van der Waals surface area contributed by atoms with Crippen LogP contribution in [0.3, 0.4) is 0 Å². The summed E-state index contributed by atoms with van der Waals surface area (Å²) in [6.07, 6.45) is -0.798. The van der Waals surface area contributed by atoms with Crippen LogP contribution >= 0.6 is 0 Å². The van der Waals surface area contributed by atoms with Gasteiger partial charge in [0.05, 0.1) is 10.8 Å². The molecular formula is C12H10O3. The Hall–Kier alpha value is -0.860. The summed E-state index contributed by atoms with van der Waals surface area (Å²) < 4.78 is 4.22. The van der Waals surface area contributed by atoms with Gasteiger partial charge in [0.1, 0.15) is 0 Å². The Labute approximate surface area is 92.2 Å². The highest BCUT2D eigenvalue weighted by Gasteiger charge is 2.35. The van der Waals surface area contributed by atoms with Crippen molar-refractivity contribution in [1.82, 2.24) is 0 Å². The molecule has 0 heterocycles. The predicted molar refractivity (Wildman–Crippen MR) is 51.0 cm³/mol. The monoisotopic (exact) mass is 202 g/mol. The molecule has 3 heteroatoms. The molecule has 0 rings (SSSR count). The zero-order chi connectivity index (χ0) is 12.3. The van der Waals surface area contributed by atoms with Gasteiger partial charge in [0.2, 0.25) is 0 Å². The summed E-state index contributed by atoms with van der Waals surface area (Å²) >= 11 is 0. The van der Waals surface area contributed by atoms with Crippen LogP contribution in [0.15, 0.2) is 0 Å². The van der Waals surface area contributed by atoms with E-state index in [-0.39, 0.29) is 0 Å². The molecule has 0 aliphatic heterocycles. The topological polar surface area (TPSA) is 43.4 Å². The molecule has 0 aliphatic rings. The molecule has 76 valence electrons. The molecule has 0 aromatic heterocycles. The Morgan fingerprint density at radius 2 is 1.13 bits per heavy atom. The van der Waals surface area contributed by atoms with Crippen molar-refractivity contribution < 1.29 is 14.3 Å². The lowest BCUT2D eigenvalue weighted by molar-refractivity contribution is -0.168. The molecule has 0 bridgehead atoms. The van der Waals surface area contributed by atoms with E-state index in [4.69, 9.17) is 41.5 Å². The first-order valence-corrected chi connectivity index (χ1v) is 3.99. The van der Waals surface area contributed by atoms with Gasteiger partial charge in [-0.1, -0.05) is 0 Å². The highest BCUT2D eigenvalue weighted by Crippen LogP contribution is 2.25. The highest BCUT2D eigenvalue weighted by atomic mass is 16.6. The molecule has 3 nitrogen and oxygen atoms in total. The van der Waals surface area contributed by atoms with Gasteiger partial charge in [-0.05, 0) is 54.4 Å². The average molecular weight is 202 g/mol. The van der Waals surface area contributed by atoms with E-state index in [2.05, 4.69) is 4.74 Å². The molecule has 0 unspecified atom stereocenters. The summed E-state index contributed by atoms with van der Waals surface area (Å²) in [7, 11) is 0. The third kappa shape index (κ3) is 3.65. The van der Waals surface area contributed by atoms with E-state index in [1.165, 1.54) is 0 Å². The Kier molecular flexibility index (Phi) is 4.50. The molecule has 0 amide bonds. The van der Waals surface area contributed by atoms with Crippen molar-refractivity contribution in [2.45, 2.75) is 12.8 Å². The van der Waals surface area contributed by atoms with Gasteiger partial charge in [-0.25, -0.2) is 0 Å². The van der Waals surface area contributed by atoms with Crippen LogP contribution in [0.25, 0.3) is 0 Å². The molecule has 12 radical (unpaired) electrons. The second-order valence-electron chi connectivity index (χ2n) is 3.17. The number of esters is 2. The lowest BCUT2D eigenvalue weighted by Crippen LogP contribution is -2.34. The molecule has 0 saturated carbocycles. The molecule has 0 spiro atoms. The Morgan fingerprint density at radius 3 is 1.33 bits per heavy atom. The van der Waals surface area contributed by atoms with E-state index in [0.29, 0.717) is 0 Å². The van der Waals surface area contributed by atoms with Crippen LogP contribution < -0.4 is 0 Å². The number of rotatable bonds is 4. The summed E-state index contributed by atoms with van der Waals surface area (Å²) in [5.74, 6) is -2.44. The lowest BCUT2D eigenvalue weighted by Gasteiger charge is -2.23. The third-order valence-electron chi connectivity index (χ3n) is 1.62. The molecule has 0 aromatic carbocycles. The Bertz CT molecular complexity index is 226. The van der Waals surface area contributed by atoms with Crippen molar-refractivity contribution in [2.24, 2.45) is 10.8 Å². The molecule has 15 heavy (non-hydrogen) atoms. The van der Waals surface area contributed by atoms with Gasteiger partial charge in [0, 0.05) is 0 Å². The van der Waals surface area contributed by atoms with E-state index in [0.717, 1.165) is 0 Å². The van der Waals surface area contributed by atoms with Crippen LogP contribution in [0.1, 0.15) is 12.8 Å². The molecule has 0 aliphatic carbocycles. The molecule has 0 saturated heterocycles. The second-order valence-corrected chi connectivity index (χ2v) is 3.17. The van der Waals surface area contributed by atoms with E-state index >= 15 is 0 Å². The Morgan fingerprint density at radius 1 is 0.867 bits per heavy atom. The van der Waals surface area contributed by atoms with Gasteiger partial charge in [-0.2, -0.15) is 0 Å². The molecule has 0 aromatic rings. The molecular weight excluding hydrogens is 192 g/mol. The fourth-order valence-corrected chi connectivity index (χ4v) is 0.441. The smallest absolute Gasteiger partial charge is 0.320 e. The van der Waals surface area contributed by atoms with Gasteiger partial charge < -0.3 is 4.74 Å². The van der Waals surface area contributed by atoms with Gasteiger partial charge in [0.15, 0.2) is 0 Å². The van der Waals surface area contributed by atoms with Crippen molar-refractivity contribution in [3.8, 4) is 0 Å². The minimum Gasteiger partial charge on any atom is -0.392 e. The van der Waals surface area contributed by atoms with Gasteiger partial charge in [-0.15, -0.1) is 0 Å². The van der Waals surface area contributed by atoms with Crippen LogP contribution in [-0.4, -0.2) is 11.9 Å². The van der Waals surface area contributed by atoms with Crippen LogP contribution in [0.4, 0.5) is 0 Å². The second kappa shape index (κ2) is 4.77. The lowest BCUT2D eigenvalue weighted by atomic mass is 9.89. The maximum Gasteiger partial charge on any atom is 0.320 e. The summed E-state index contributed by atoms with van der Waals surface area (Å²) in [6, 6.07) is 0. The predicted octanol–water partition coefficient (Wildman–Crippen LogP) is 1.08. The zero-order valence-corrected chi connectivity index (χ0v) is 8.10. The Balaban J connectivity index is 4.51. The van der Waals surface area contributed by atoms with Crippen molar-refractivity contribution in [3.05, 3.63) is 41.5 Å². The summed E-state index contributed by atoms with van der Waals surface area (Å²) in [6.45, 7) is 31.0. The first-order valence-electron chi connectivity index (χ1n) is 3.99. The fourth-order valence-electron chi connectivity index (χ4n) is 0.441. The van der Waals surface area contributed by atoms with E-state index in [1.807, 2.05) is 0 Å². The highest BCUT2D eigenvalue weighted by molar-refractivity contribution is 5.92. The number of carbonyl (C=O) groups is 2. The van der Waals surface area contributed by atoms with E-state index in [9.17, 15) is 9.59 Å². The molecule has 0 N–H and O–H groups in total. The van der Waals surface area contributed by atoms with E-state index in [1.54, 1.807) is 0 Å². The first kappa shape index (κ1) is 14.1. The minimum atomic E-state index is -1.96. The maximum absolute atomic E-state index is 11.1. The van der Waals surface area contributed by atoms with Crippen molar-refractivity contribution in [1.29, 1.82) is 0 Å². The maximum atomic E-state index is 11.1. The van der Waals surface area contributed by atoms with E-state index < -0.39 is 35.6 Å². The number of carbonyl (C=O) groups excluding carboxylic acids is 2. The van der Waals surface area contributed by atoms with Crippen LogP contribution in [0, 0.1) is 52.4 Å². The van der Waals surface area contributed by atoms with Crippen LogP contribution in [-0.2, 0) is 14.3 Å². The van der Waals surface area contributed by atoms with Crippen molar-refractivity contribution in [3.63, 3.8) is 0 Å². The number of ether oxygens (including phenoxy) is 1. The quantitative estimate of drug-likeness (QED) is 0.506. The summed E-state index contributed by atoms with van der Waals surface area (Å²) in [4.78, 5) is 22.3.